The molecule has 0 aromatic rings. The highest BCUT2D eigenvalue weighted by Gasteiger charge is 2.18. The molecular formula is C17H36O3Si. The van der Waals surface area contributed by atoms with E-state index < -0.39 is 15.7 Å². The van der Waals surface area contributed by atoms with Gasteiger partial charge in [0.15, 0.2) is 0 Å². The summed E-state index contributed by atoms with van der Waals surface area (Å²) in [6, 6.07) is 0. The molecule has 0 rings (SSSR count). The number of carboxylic acid groups (broad SMARTS) is 1. The average Bonchev–Trinajstić information content (AvgIpc) is 2.46. The summed E-state index contributed by atoms with van der Waals surface area (Å²) in [7, 11) is -0.457. The van der Waals surface area contributed by atoms with Crippen molar-refractivity contribution in [3.05, 3.63) is 0 Å². The lowest BCUT2D eigenvalue weighted by Gasteiger charge is -2.20. The van der Waals surface area contributed by atoms with Gasteiger partial charge in [-0.3, -0.25) is 0 Å². The Bertz CT molecular complexity index is 242. The minimum atomic E-state index is -1.09. The molecule has 0 saturated heterocycles. The molecule has 0 amide bonds. The first kappa shape index (κ1) is 20.5. The molecule has 0 aromatic heterocycles. The number of unbranched alkanes of at least 4 members (excludes halogenated alkanes) is 7. The molecule has 0 bridgehead atoms. The van der Waals surface area contributed by atoms with Gasteiger partial charge in [-0.05, 0) is 12.0 Å². The Labute approximate surface area is 133 Å². The molecule has 0 aliphatic heterocycles. The minimum absolute atomic E-state index is 0.0347. The Morgan fingerprint density at radius 1 is 0.952 bits per heavy atom. The highest BCUT2D eigenvalue weighted by atomic mass is 28.2. The summed E-state index contributed by atoms with van der Waals surface area (Å²) in [5.74, 6) is 0. The van der Waals surface area contributed by atoms with Crippen molar-refractivity contribution >= 4 is 15.7 Å². The van der Waals surface area contributed by atoms with E-state index in [9.17, 15) is 4.79 Å². The zero-order valence-corrected chi connectivity index (χ0v) is 15.8. The first-order valence-electron chi connectivity index (χ1n) is 9.03. The van der Waals surface area contributed by atoms with Crippen molar-refractivity contribution in [2.75, 3.05) is 0 Å². The quantitative estimate of drug-likeness (QED) is 0.268. The summed E-state index contributed by atoms with van der Waals surface area (Å²) >= 11 is 0. The Balaban J connectivity index is 3.78. The standard InChI is InChI=1S/C17H36O3Si/c1-4-7-8-9-10-11-12-13-14-16(20-17(18)19)21-15(5-2)6-3/h15-16H,4-14,21H2,1-3H3,(H,18,19). The van der Waals surface area contributed by atoms with Crippen LogP contribution in [0.1, 0.15) is 91.4 Å². The number of carbonyl (C=O) groups is 1. The summed E-state index contributed by atoms with van der Waals surface area (Å²) in [5.41, 5.74) is 0.760. The molecule has 0 heterocycles. The van der Waals surface area contributed by atoms with E-state index >= 15 is 0 Å². The van der Waals surface area contributed by atoms with Crippen molar-refractivity contribution < 1.29 is 14.6 Å². The van der Waals surface area contributed by atoms with Crippen LogP contribution in [0.25, 0.3) is 0 Å². The third kappa shape index (κ3) is 12.9. The number of rotatable bonds is 14. The van der Waals surface area contributed by atoms with E-state index in [1.54, 1.807) is 0 Å². The minimum Gasteiger partial charge on any atom is -0.450 e. The van der Waals surface area contributed by atoms with Crippen LogP contribution in [0.5, 0.6) is 0 Å². The van der Waals surface area contributed by atoms with E-state index in [4.69, 9.17) is 9.84 Å². The predicted octanol–water partition coefficient (Wildman–Crippen LogP) is 5.32. The molecule has 0 aliphatic rings. The second-order valence-corrected chi connectivity index (χ2v) is 8.72. The van der Waals surface area contributed by atoms with Gasteiger partial charge in [0.1, 0.15) is 0 Å². The molecule has 126 valence electrons. The Morgan fingerprint density at radius 3 is 1.95 bits per heavy atom. The third-order valence-corrected chi connectivity index (χ3v) is 7.32. The number of ether oxygens (including phenoxy) is 1. The van der Waals surface area contributed by atoms with Crippen LogP contribution < -0.4 is 0 Å². The SMILES string of the molecule is CCCCCCCCCCC(OC(=O)O)[SiH2]C(CC)CC. The normalized spacial score (nSPS) is 13.1. The molecule has 4 heteroatoms. The Kier molecular flexibility index (Phi) is 14.1. The van der Waals surface area contributed by atoms with Gasteiger partial charge in [0.05, 0.1) is 15.2 Å². The molecule has 0 radical (unpaired) electrons. The van der Waals surface area contributed by atoms with E-state index in [-0.39, 0.29) is 5.73 Å². The van der Waals surface area contributed by atoms with Gasteiger partial charge in [0.25, 0.3) is 0 Å². The van der Waals surface area contributed by atoms with E-state index in [2.05, 4.69) is 20.8 Å². The number of hydrogen-bond donors (Lipinski definition) is 1. The summed E-state index contributed by atoms with van der Waals surface area (Å²) in [6.45, 7) is 6.65. The van der Waals surface area contributed by atoms with Crippen LogP contribution in [0, 0.1) is 0 Å². The van der Waals surface area contributed by atoms with E-state index in [0.29, 0.717) is 0 Å². The fraction of sp³-hybridized carbons (Fsp3) is 0.941. The maximum absolute atomic E-state index is 10.8. The predicted molar refractivity (Wildman–Crippen MR) is 93.0 cm³/mol. The monoisotopic (exact) mass is 316 g/mol. The first-order chi connectivity index (χ1) is 10.1. The number of hydrogen-bond acceptors (Lipinski definition) is 2. The van der Waals surface area contributed by atoms with Gasteiger partial charge in [0, 0.05) is 0 Å². The van der Waals surface area contributed by atoms with Crippen molar-refractivity contribution in [2.45, 2.75) is 103 Å². The van der Waals surface area contributed by atoms with E-state index in [0.717, 1.165) is 18.4 Å². The smallest absolute Gasteiger partial charge is 0.450 e. The second kappa shape index (κ2) is 14.4. The molecule has 3 nitrogen and oxygen atoms in total. The third-order valence-electron chi connectivity index (χ3n) is 4.40. The highest BCUT2D eigenvalue weighted by Crippen LogP contribution is 2.19. The lowest BCUT2D eigenvalue weighted by Crippen LogP contribution is -2.26. The van der Waals surface area contributed by atoms with Crippen molar-refractivity contribution in [3.8, 4) is 0 Å². The maximum atomic E-state index is 10.8. The lowest BCUT2D eigenvalue weighted by molar-refractivity contribution is 0.0746. The zero-order valence-electron chi connectivity index (χ0n) is 14.4. The summed E-state index contributed by atoms with van der Waals surface area (Å²) < 4.78 is 5.12. The molecule has 0 fully saturated rings. The van der Waals surface area contributed by atoms with Crippen LogP contribution in [-0.2, 0) is 4.74 Å². The van der Waals surface area contributed by atoms with Gasteiger partial charge in [-0.15, -0.1) is 0 Å². The Morgan fingerprint density at radius 2 is 1.48 bits per heavy atom. The Hall–Kier alpha value is -0.513. The fourth-order valence-corrected chi connectivity index (χ4v) is 5.04. The van der Waals surface area contributed by atoms with E-state index in [1.807, 2.05) is 0 Å². The van der Waals surface area contributed by atoms with E-state index in [1.165, 1.54) is 57.8 Å². The molecule has 0 spiro atoms. The lowest BCUT2D eigenvalue weighted by atomic mass is 10.1. The van der Waals surface area contributed by atoms with Crippen LogP contribution in [-0.4, -0.2) is 26.5 Å². The summed E-state index contributed by atoms with van der Waals surface area (Å²) in [5, 5.41) is 8.87. The summed E-state index contributed by atoms with van der Waals surface area (Å²) in [4.78, 5) is 10.8. The van der Waals surface area contributed by atoms with Gasteiger partial charge in [-0.25, -0.2) is 4.79 Å². The van der Waals surface area contributed by atoms with Gasteiger partial charge in [-0.1, -0.05) is 85.0 Å². The first-order valence-corrected chi connectivity index (χ1v) is 10.7. The van der Waals surface area contributed by atoms with Gasteiger partial charge < -0.3 is 9.84 Å². The van der Waals surface area contributed by atoms with Gasteiger partial charge >= 0.3 is 6.16 Å². The molecule has 0 saturated carbocycles. The van der Waals surface area contributed by atoms with Crippen molar-refractivity contribution in [1.82, 2.24) is 0 Å². The van der Waals surface area contributed by atoms with Crippen LogP contribution in [0.4, 0.5) is 4.79 Å². The molecule has 1 N–H and O–H groups in total. The van der Waals surface area contributed by atoms with Crippen LogP contribution in [0.3, 0.4) is 0 Å². The van der Waals surface area contributed by atoms with Crippen LogP contribution >= 0.6 is 0 Å². The fourth-order valence-electron chi connectivity index (χ4n) is 2.87. The maximum Gasteiger partial charge on any atom is 0.505 e. The van der Waals surface area contributed by atoms with Crippen LogP contribution in [0.15, 0.2) is 0 Å². The van der Waals surface area contributed by atoms with Gasteiger partial charge in [-0.2, -0.15) is 0 Å². The highest BCUT2D eigenvalue weighted by molar-refractivity contribution is 6.39. The van der Waals surface area contributed by atoms with Crippen molar-refractivity contribution in [2.24, 2.45) is 0 Å². The zero-order chi connectivity index (χ0) is 15.9. The molecule has 0 aromatic carbocycles. The molecule has 21 heavy (non-hydrogen) atoms. The molecular weight excluding hydrogens is 280 g/mol. The molecule has 1 unspecified atom stereocenters. The average molecular weight is 317 g/mol. The largest absolute Gasteiger partial charge is 0.505 e. The molecule has 0 aliphatic carbocycles. The van der Waals surface area contributed by atoms with Crippen molar-refractivity contribution in [1.29, 1.82) is 0 Å². The van der Waals surface area contributed by atoms with Gasteiger partial charge in [0.2, 0.25) is 0 Å². The summed E-state index contributed by atoms with van der Waals surface area (Å²) in [6.07, 6.45) is 12.5. The van der Waals surface area contributed by atoms with Crippen LogP contribution in [0.2, 0.25) is 5.54 Å². The van der Waals surface area contributed by atoms with Crippen molar-refractivity contribution in [3.63, 3.8) is 0 Å². The molecule has 1 atom stereocenters. The second-order valence-electron chi connectivity index (χ2n) is 6.19. The topological polar surface area (TPSA) is 46.5 Å².